The molecular weight excluding hydrogens is 841 g/mol. The maximum atomic E-state index is 12.8. The van der Waals surface area contributed by atoms with Gasteiger partial charge in [-0.05, 0) is 122 Å². The molecule has 0 aliphatic rings. The number of esters is 3. The molecule has 0 aromatic heterocycles. The van der Waals surface area contributed by atoms with Crippen LogP contribution in [0, 0.1) is 0 Å². The molecule has 0 bridgehead atoms. The van der Waals surface area contributed by atoms with E-state index in [1.54, 1.807) is 0 Å². The normalized spacial score (nSPS) is 13.3. The first kappa shape index (κ1) is 63.3. The lowest BCUT2D eigenvalue weighted by Gasteiger charge is -2.18. The van der Waals surface area contributed by atoms with Crippen molar-refractivity contribution in [2.75, 3.05) is 13.2 Å². The van der Waals surface area contributed by atoms with Crippen LogP contribution < -0.4 is 0 Å². The van der Waals surface area contributed by atoms with Gasteiger partial charge in [-0.3, -0.25) is 14.4 Å². The largest absolute Gasteiger partial charge is 0.462 e. The Bertz CT molecular complexity index is 1540. The predicted molar refractivity (Wildman–Crippen MR) is 292 cm³/mol. The van der Waals surface area contributed by atoms with Crippen molar-refractivity contribution in [3.63, 3.8) is 0 Å². The molecule has 6 heteroatoms. The average molecular weight is 937 g/mol. The van der Waals surface area contributed by atoms with Crippen LogP contribution in [0.15, 0.2) is 146 Å². The van der Waals surface area contributed by atoms with Crippen molar-refractivity contribution < 1.29 is 28.6 Å². The Balaban J connectivity index is 4.55. The van der Waals surface area contributed by atoms with E-state index in [0.717, 1.165) is 116 Å². The summed E-state index contributed by atoms with van der Waals surface area (Å²) in [7, 11) is 0. The molecule has 0 spiro atoms. The van der Waals surface area contributed by atoms with E-state index >= 15 is 0 Å². The van der Waals surface area contributed by atoms with Crippen molar-refractivity contribution in [1.82, 2.24) is 0 Å². The zero-order valence-corrected chi connectivity index (χ0v) is 43.3. The number of rotatable bonds is 46. The highest BCUT2D eigenvalue weighted by atomic mass is 16.6. The number of unbranched alkanes of at least 4 members (excludes halogenated alkanes) is 11. The quantitative estimate of drug-likeness (QED) is 0.0262. The molecule has 0 rings (SSSR count). The fourth-order valence-electron chi connectivity index (χ4n) is 6.67. The molecule has 1 atom stereocenters. The van der Waals surface area contributed by atoms with Crippen molar-refractivity contribution in [1.29, 1.82) is 0 Å². The van der Waals surface area contributed by atoms with Crippen LogP contribution in [0.3, 0.4) is 0 Å². The molecule has 1 unspecified atom stereocenters. The average Bonchev–Trinajstić information content (AvgIpc) is 3.34. The van der Waals surface area contributed by atoms with Gasteiger partial charge >= 0.3 is 17.9 Å². The summed E-state index contributed by atoms with van der Waals surface area (Å²) in [6, 6.07) is 0. The molecule has 6 nitrogen and oxygen atoms in total. The fourth-order valence-corrected chi connectivity index (χ4v) is 6.67. The monoisotopic (exact) mass is 937 g/mol. The molecule has 0 heterocycles. The van der Waals surface area contributed by atoms with Gasteiger partial charge in [0, 0.05) is 19.3 Å². The van der Waals surface area contributed by atoms with Crippen molar-refractivity contribution in [3.05, 3.63) is 146 Å². The zero-order valence-electron chi connectivity index (χ0n) is 43.3. The number of hydrogen-bond acceptors (Lipinski definition) is 6. The Morgan fingerprint density at radius 2 is 0.559 bits per heavy atom. The first-order chi connectivity index (χ1) is 33.5. The van der Waals surface area contributed by atoms with E-state index in [-0.39, 0.29) is 44.0 Å². The highest BCUT2D eigenvalue weighted by Crippen LogP contribution is 2.13. The molecule has 0 saturated heterocycles. The van der Waals surface area contributed by atoms with E-state index in [9.17, 15) is 14.4 Å². The minimum absolute atomic E-state index is 0.129. The van der Waals surface area contributed by atoms with E-state index in [4.69, 9.17) is 14.2 Å². The fraction of sp³-hybridized carbons (Fsp3) is 0.565. The number of ether oxygens (including phenoxy) is 3. The van der Waals surface area contributed by atoms with Gasteiger partial charge < -0.3 is 14.2 Å². The second-order valence-electron chi connectivity index (χ2n) is 17.0. The van der Waals surface area contributed by atoms with Crippen molar-refractivity contribution in [3.8, 4) is 0 Å². The first-order valence-electron chi connectivity index (χ1n) is 26.8. The Labute approximate surface area is 417 Å². The molecule has 380 valence electrons. The van der Waals surface area contributed by atoms with Crippen LogP contribution in [0.1, 0.15) is 207 Å². The van der Waals surface area contributed by atoms with Crippen LogP contribution >= 0.6 is 0 Å². The zero-order chi connectivity index (χ0) is 49.3. The lowest BCUT2D eigenvalue weighted by molar-refractivity contribution is -0.166. The van der Waals surface area contributed by atoms with Gasteiger partial charge in [-0.2, -0.15) is 0 Å². The van der Waals surface area contributed by atoms with Gasteiger partial charge in [0.25, 0.3) is 0 Å². The lowest BCUT2D eigenvalue weighted by atomic mass is 10.1. The first-order valence-corrected chi connectivity index (χ1v) is 26.8. The Morgan fingerprint density at radius 1 is 0.294 bits per heavy atom. The minimum Gasteiger partial charge on any atom is -0.462 e. The number of carbonyl (C=O) groups is 3. The Kier molecular flexibility index (Phi) is 51.1. The van der Waals surface area contributed by atoms with Gasteiger partial charge in [0.05, 0.1) is 0 Å². The van der Waals surface area contributed by atoms with Crippen LogP contribution in [0.2, 0.25) is 0 Å². The van der Waals surface area contributed by atoms with Crippen LogP contribution in [-0.2, 0) is 28.6 Å². The molecule has 0 amide bonds. The molecule has 0 aromatic rings. The third-order valence-corrected chi connectivity index (χ3v) is 10.6. The lowest BCUT2D eigenvalue weighted by Crippen LogP contribution is -2.30. The summed E-state index contributed by atoms with van der Waals surface area (Å²) in [5.74, 6) is -1.07. The highest BCUT2D eigenvalue weighted by molar-refractivity contribution is 5.71. The summed E-state index contributed by atoms with van der Waals surface area (Å²) < 4.78 is 16.7. The summed E-state index contributed by atoms with van der Waals surface area (Å²) in [4.78, 5) is 38.0. The number of carbonyl (C=O) groups excluding carboxylic acids is 3. The maximum absolute atomic E-state index is 12.8. The third kappa shape index (κ3) is 52.3. The smallest absolute Gasteiger partial charge is 0.306 e. The predicted octanol–water partition coefficient (Wildman–Crippen LogP) is 18.0. The topological polar surface area (TPSA) is 78.9 Å². The maximum Gasteiger partial charge on any atom is 0.306 e. The molecule has 0 saturated carbocycles. The van der Waals surface area contributed by atoms with Crippen molar-refractivity contribution in [2.45, 2.75) is 213 Å². The van der Waals surface area contributed by atoms with E-state index in [2.05, 4.69) is 154 Å². The van der Waals surface area contributed by atoms with E-state index in [0.29, 0.717) is 19.3 Å². The van der Waals surface area contributed by atoms with Crippen LogP contribution in [0.4, 0.5) is 0 Å². The van der Waals surface area contributed by atoms with Crippen LogP contribution in [0.5, 0.6) is 0 Å². The molecule has 0 aliphatic carbocycles. The van der Waals surface area contributed by atoms with Crippen molar-refractivity contribution in [2.24, 2.45) is 0 Å². The SMILES string of the molecule is CC/C=C\C/C=C\C/C=C\C/C=C\C/C=C\C/C=C\CCC(=O)OCC(COC(=O)CCCC/C=C\C/C=C\C/C=C\CC)OC(=O)CCCCCCCCCCC/C=C\C/C=C\C/C=C\CC. The summed E-state index contributed by atoms with van der Waals surface area (Å²) in [5.41, 5.74) is 0. The van der Waals surface area contributed by atoms with Crippen LogP contribution in [0.25, 0.3) is 0 Å². The van der Waals surface area contributed by atoms with E-state index in [1.807, 2.05) is 12.2 Å². The van der Waals surface area contributed by atoms with E-state index in [1.165, 1.54) is 38.5 Å². The number of allylic oxidation sites excluding steroid dienone is 24. The third-order valence-electron chi connectivity index (χ3n) is 10.6. The summed E-state index contributed by atoms with van der Waals surface area (Å²) in [5, 5.41) is 0. The second kappa shape index (κ2) is 54.9. The van der Waals surface area contributed by atoms with E-state index < -0.39 is 6.10 Å². The molecule has 68 heavy (non-hydrogen) atoms. The molecule has 0 aromatic carbocycles. The standard InChI is InChI=1S/C62H96O6/c1-4-7-10-13-16-19-22-25-27-29-31-33-35-37-40-43-46-49-52-55-61(64)67-58-59(57-66-60(63)54-51-48-45-42-39-24-21-18-15-12-9-6-3)68-62(65)56-53-50-47-44-41-38-36-34-32-30-28-26-23-20-17-14-11-8-5-2/h7-12,16-21,25-28,31,33,37,39-40,42,46,49,59H,4-6,13-15,22-24,29-30,32,34-36,38,41,43-45,47-48,50-58H2,1-3H3/b10-7-,11-8-,12-9-,19-16-,20-17-,21-18-,27-25-,28-26-,33-31-,40-37-,42-39-,49-46-. The van der Waals surface area contributed by atoms with Gasteiger partial charge in [0.1, 0.15) is 13.2 Å². The molecule has 0 N–H and O–H groups in total. The summed E-state index contributed by atoms with van der Waals surface area (Å²) in [6.45, 7) is 6.17. The van der Waals surface area contributed by atoms with Gasteiger partial charge in [0.2, 0.25) is 0 Å². The highest BCUT2D eigenvalue weighted by Gasteiger charge is 2.19. The Hall–Kier alpha value is -4.71. The second-order valence-corrected chi connectivity index (χ2v) is 17.0. The Morgan fingerprint density at radius 3 is 0.941 bits per heavy atom. The van der Waals surface area contributed by atoms with Gasteiger partial charge in [0.15, 0.2) is 6.10 Å². The van der Waals surface area contributed by atoms with Gasteiger partial charge in [-0.25, -0.2) is 0 Å². The van der Waals surface area contributed by atoms with Crippen molar-refractivity contribution >= 4 is 17.9 Å². The number of hydrogen-bond donors (Lipinski definition) is 0. The van der Waals surface area contributed by atoms with Gasteiger partial charge in [-0.15, -0.1) is 0 Å². The van der Waals surface area contributed by atoms with Crippen LogP contribution in [-0.4, -0.2) is 37.2 Å². The molecule has 0 fully saturated rings. The molecule has 0 aliphatic heterocycles. The summed E-state index contributed by atoms with van der Waals surface area (Å²) >= 11 is 0. The summed E-state index contributed by atoms with van der Waals surface area (Å²) in [6.07, 6.45) is 78.5. The molecule has 0 radical (unpaired) electrons. The molecular formula is C62H96O6. The minimum atomic E-state index is -0.833. The van der Waals surface area contributed by atoms with Gasteiger partial charge in [-0.1, -0.05) is 212 Å².